The number of sulfonamides is 1. The number of carbonyl (C=O) groups is 2. The number of amides is 2. The van der Waals surface area contributed by atoms with Crippen LogP contribution in [0.5, 0.6) is 0 Å². The number of para-hydroxylation sites is 1. The number of nitrogens with one attached hydrogen (secondary N) is 1. The third-order valence-electron chi connectivity index (χ3n) is 4.95. The van der Waals surface area contributed by atoms with Gasteiger partial charge in [0.2, 0.25) is 11.8 Å². The zero-order valence-corrected chi connectivity index (χ0v) is 19.6. The summed E-state index contributed by atoms with van der Waals surface area (Å²) < 4.78 is 29.5. The number of hydrogen-bond acceptors (Lipinski definition) is 5. The number of benzene rings is 2. The SMILES string of the molecule is C=CCN1C(=O)[C@@H](CC(=O)Nc2ccccc2C)SC1=NS(=O)(=O)c1ccc(CC)cc1. The topological polar surface area (TPSA) is 95.9 Å². The van der Waals surface area contributed by atoms with E-state index in [1.54, 1.807) is 18.2 Å². The highest BCUT2D eigenvalue weighted by atomic mass is 32.2. The lowest BCUT2D eigenvalue weighted by Crippen LogP contribution is -2.34. The van der Waals surface area contributed by atoms with Crippen LogP contribution < -0.4 is 5.32 Å². The summed E-state index contributed by atoms with van der Waals surface area (Å²) in [5.41, 5.74) is 2.58. The first-order valence-corrected chi connectivity index (χ1v) is 12.5. The predicted molar refractivity (Wildman–Crippen MR) is 128 cm³/mol. The molecule has 0 bridgehead atoms. The van der Waals surface area contributed by atoms with Gasteiger partial charge in [0.15, 0.2) is 5.17 Å². The van der Waals surface area contributed by atoms with Crippen LogP contribution in [0, 0.1) is 6.92 Å². The first-order chi connectivity index (χ1) is 15.2. The molecule has 1 atom stereocenters. The molecular formula is C23H25N3O4S2. The van der Waals surface area contributed by atoms with E-state index in [0.29, 0.717) is 5.69 Å². The van der Waals surface area contributed by atoms with Gasteiger partial charge in [0.05, 0.1) is 4.90 Å². The summed E-state index contributed by atoms with van der Waals surface area (Å²) in [6.45, 7) is 7.59. The Morgan fingerprint density at radius 3 is 2.53 bits per heavy atom. The Hall–Kier alpha value is -2.91. The molecule has 1 aliphatic heterocycles. The van der Waals surface area contributed by atoms with E-state index in [9.17, 15) is 18.0 Å². The molecule has 1 N–H and O–H groups in total. The highest BCUT2D eigenvalue weighted by molar-refractivity contribution is 8.16. The minimum Gasteiger partial charge on any atom is -0.326 e. The minimum absolute atomic E-state index is 0.0446. The van der Waals surface area contributed by atoms with Crippen LogP contribution in [-0.4, -0.2) is 42.1 Å². The molecule has 9 heteroatoms. The highest BCUT2D eigenvalue weighted by Gasteiger charge is 2.39. The quantitative estimate of drug-likeness (QED) is 0.592. The molecule has 0 radical (unpaired) electrons. The van der Waals surface area contributed by atoms with Crippen molar-refractivity contribution in [1.29, 1.82) is 0 Å². The Morgan fingerprint density at radius 2 is 1.91 bits per heavy atom. The Kier molecular flexibility index (Phi) is 7.52. The molecule has 0 unspecified atom stereocenters. The van der Waals surface area contributed by atoms with Gasteiger partial charge in [0, 0.05) is 18.7 Å². The smallest absolute Gasteiger partial charge is 0.284 e. The molecule has 0 aromatic heterocycles. The standard InChI is InChI=1S/C23H25N3O4S2/c1-4-14-26-22(28)20(15-21(27)24-19-9-7-6-8-16(19)3)31-23(26)25-32(29,30)18-12-10-17(5-2)11-13-18/h4,6-13,20H,1,5,14-15H2,2-3H3,(H,24,27)/t20-/m1/s1. The van der Waals surface area contributed by atoms with Crippen molar-refractivity contribution in [2.24, 2.45) is 4.40 Å². The number of hydrogen-bond donors (Lipinski definition) is 1. The number of thioether (sulfide) groups is 1. The fraction of sp³-hybridized carbons (Fsp3) is 0.261. The second-order valence-corrected chi connectivity index (χ2v) is 10.0. The van der Waals surface area contributed by atoms with Crippen LogP contribution in [0.1, 0.15) is 24.5 Å². The molecule has 2 amide bonds. The van der Waals surface area contributed by atoms with Crippen LogP contribution in [0.2, 0.25) is 0 Å². The van der Waals surface area contributed by atoms with E-state index in [1.807, 2.05) is 32.0 Å². The van der Waals surface area contributed by atoms with E-state index in [4.69, 9.17) is 0 Å². The van der Waals surface area contributed by atoms with Gasteiger partial charge in [0.1, 0.15) is 5.25 Å². The summed E-state index contributed by atoms with van der Waals surface area (Å²) >= 11 is 0.978. The molecule has 1 saturated heterocycles. The van der Waals surface area contributed by atoms with Crippen molar-refractivity contribution in [2.75, 3.05) is 11.9 Å². The molecule has 32 heavy (non-hydrogen) atoms. The van der Waals surface area contributed by atoms with Crippen LogP contribution in [0.15, 0.2) is 70.5 Å². The van der Waals surface area contributed by atoms with Crippen molar-refractivity contribution >= 4 is 44.5 Å². The van der Waals surface area contributed by atoms with Crippen molar-refractivity contribution in [3.8, 4) is 0 Å². The molecule has 3 rings (SSSR count). The fourth-order valence-electron chi connectivity index (χ4n) is 3.14. The van der Waals surface area contributed by atoms with Crippen LogP contribution >= 0.6 is 11.8 Å². The van der Waals surface area contributed by atoms with Crippen molar-refractivity contribution in [3.63, 3.8) is 0 Å². The van der Waals surface area contributed by atoms with Crippen LogP contribution in [-0.2, 0) is 26.0 Å². The zero-order valence-electron chi connectivity index (χ0n) is 17.9. The molecule has 1 heterocycles. The second kappa shape index (κ2) is 10.1. The molecule has 168 valence electrons. The van der Waals surface area contributed by atoms with Gasteiger partial charge in [-0.2, -0.15) is 8.42 Å². The molecule has 2 aromatic carbocycles. The van der Waals surface area contributed by atoms with Gasteiger partial charge in [-0.25, -0.2) is 0 Å². The van der Waals surface area contributed by atoms with E-state index in [-0.39, 0.29) is 34.8 Å². The van der Waals surface area contributed by atoms with Gasteiger partial charge in [-0.1, -0.05) is 55.1 Å². The normalized spacial score (nSPS) is 17.6. The van der Waals surface area contributed by atoms with Crippen molar-refractivity contribution in [2.45, 2.75) is 36.8 Å². The summed E-state index contributed by atoms with van der Waals surface area (Å²) in [5, 5.41) is 2.08. The maximum Gasteiger partial charge on any atom is 0.284 e. The first kappa shape index (κ1) is 23.7. The van der Waals surface area contributed by atoms with E-state index in [2.05, 4.69) is 16.3 Å². The molecule has 0 aliphatic carbocycles. The molecule has 1 fully saturated rings. The van der Waals surface area contributed by atoms with Gasteiger partial charge >= 0.3 is 0 Å². The lowest BCUT2D eigenvalue weighted by Gasteiger charge is -2.14. The third-order valence-corrected chi connectivity index (χ3v) is 7.52. The fourth-order valence-corrected chi connectivity index (χ4v) is 5.51. The predicted octanol–water partition coefficient (Wildman–Crippen LogP) is 3.76. The molecule has 0 saturated carbocycles. The number of nitrogens with zero attached hydrogens (tertiary/aromatic N) is 2. The summed E-state index contributed by atoms with van der Waals surface area (Å²) in [6.07, 6.45) is 2.18. The molecule has 1 aliphatic rings. The van der Waals surface area contributed by atoms with Crippen LogP contribution in [0.4, 0.5) is 5.69 Å². The zero-order chi connectivity index (χ0) is 23.3. The Balaban J connectivity index is 1.80. The van der Waals surface area contributed by atoms with Crippen LogP contribution in [0.3, 0.4) is 0 Å². The lowest BCUT2D eigenvalue weighted by atomic mass is 10.2. The van der Waals surface area contributed by atoms with Crippen molar-refractivity contribution < 1.29 is 18.0 Å². The summed E-state index contributed by atoms with van der Waals surface area (Å²) in [4.78, 5) is 26.7. The summed E-state index contributed by atoms with van der Waals surface area (Å²) in [6, 6.07) is 13.8. The maximum absolute atomic E-state index is 12.9. The van der Waals surface area contributed by atoms with Gasteiger partial charge in [-0.15, -0.1) is 11.0 Å². The molecule has 7 nitrogen and oxygen atoms in total. The number of rotatable bonds is 8. The largest absolute Gasteiger partial charge is 0.326 e. The molecule has 0 spiro atoms. The summed E-state index contributed by atoms with van der Waals surface area (Å²) in [5.74, 6) is -0.701. The van der Waals surface area contributed by atoms with Crippen molar-refractivity contribution in [3.05, 3.63) is 72.3 Å². The molecule has 2 aromatic rings. The number of carbonyl (C=O) groups excluding carboxylic acids is 2. The van der Waals surface area contributed by atoms with Gasteiger partial charge in [-0.3, -0.25) is 14.5 Å². The van der Waals surface area contributed by atoms with E-state index >= 15 is 0 Å². The Bertz CT molecular complexity index is 1160. The number of anilines is 1. The Morgan fingerprint density at radius 1 is 1.22 bits per heavy atom. The van der Waals surface area contributed by atoms with Gasteiger partial charge in [-0.05, 0) is 42.7 Å². The summed E-state index contributed by atoms with van der Waals surface area (Å²) in [7, 11) is -4.01. The average Bonchev–Trinajstić information content (AvgIpc) is 3.04. The number of amidine groups is 1. The van der Waals surface area contributed by atoms with Crippen LogP contribution in [0.25, 0.3) is 0 Å². The molecular weight excluding hydrogens is 446 g/mol. The maximum atomic E-state index is 12.9. The average molecular weight is 472 g/mol. The monoisotopic (exact) mass is 471 g/mol. The van der Waals surface area contributed by atoms with E-state index in [0.717, 1.165) is 29.3 Å². The van der Waals surface area contributed by atoms with Crippen molar-refractivity contribution in [1.82, 2.24) is 4.90 Å². The van der Waals surface area contributed by atoms with E-state index in [1.165, 1.54) is 23.1 Å². The second-order valence-electron chi connectivity index (χ2n) is 7.26. The van der Waals surface area contributed by atoms with Gasteiger partial charge in [0.25, 0.3) is 10.0 Å². The first-order valence-electron chi connectivity index (χ1n) is 10.1. The lowest BCUT2D eigenvalue weighted by molar-refractivity contribution is -0.127. The highest BCUT2D eigenvalue weighted by Crippen LogP contribution is 2.31. The Labute approximate surface area is 192 Å². The third kappa shape index (κ3) is 5.46. The van der Waals surface area contributed by atoms with Gasteiger partial charge < -0.3 is 5.32 Å². The minimum atomic E-state index is -4.01. The van der Waals surface area contributed by atoms with E-state index < -0.39 is 15.3 Å². The number of aryl methyl sites for hydroxylation is 2.